The lowest BCUT2D eigenvalue weighted by molar-refractivity contribution is -0.148. The number of esters is 1. The minimum atomic E-state index is -0.618. The lowest BCUT2D eigenvalue weighted by atomic mass is 9.96. The van der Waals surface area contributed by atoms with Gasteiger partial charge < -0.3 is 10.1 Å². The minimum absolute atomic E-state index is 0.118. The highest BCUT2D eigenvalue weighted by Crippen LogP contribution is 2.21. The largest absolute Gasteiger partial charge is 0.456 e. The summed E-state index contributed by atoms with van der Waals surface area (Å²) in [4.78, 5) is 36.2. The fourth-order valence-electron chi connectivity index (χ4n) is 2.79. The Balaban J connectivity index is 1.53. The van der Waals surface area contributed by atoms with E-state index in [1.165, 1.54) is 6.42 Å². The number of halogens is 1. The van der Waals surface area contributed by atoms with Crippen LogP contribution in [0.3, 0.4) is 0 Å². The Labute approximate surface area is 168 Å². The van der Waals surface area contributed by atoms with Gasteiger partial charge in [-0.05, 0) is 49.3 Å². The van der Waals surface area contributed by atoms with E-state index in [-0.39, 0.29) is 12.5 Å². The highest BCUT2D eigenvalue weighted by molar-refractivity contribution is 7.99. The van der Waals surface area contributed by atoms with Crippen molar-refractivity contribution in [3.63, 3.8) is 0 Å². The van der Waals surface area contributed by atoms with Crippen molar-refractivity contribution in [1.29, 1.82) is 0 Å². The average molecular weight is 413 g/mol. The van der Waals surface area contributed by atoms with Gasteiger partial charge in [-0.25, -0.2) is 4.79 Å². The van der Waals surface area contributed by atoms with Crippen LogP contribution in [-0.4, -0.2) is 36.3 Å². The number of rotatable bonds is 8. The summed E-state index contributed by atoms with van der Waals surface area (Å²) < 4.78 is 4.91. The molecule has 148 valence electrons. The van der Waals surface area contributed by atoms with Crippen LogP contribution >= 0.6 is 23.4 Å². The predicted molar refractivity (Wildman–Crippen MR) is 106 cm³/mol. The first-order valence-corrected chi connectivity index (χ1v) is 10.5. The Morgan fingerprint density at radius 1 is 1.11 bits per heavy atom. The SMILES string of the molecule is O=C(COC(=O)CCCSc1ccc(Cl)cc1)NC(=O)NC1CCCCC1. The van der Waals surface area contributed by atoms with E-state index >= 15 is 0 Å². The van der Waals surface area contributed by atoms with Crippen molar-refractivity contribution < 1.29 is 19.1 Å². The third-order valence-electron chi connectivity index (χ3n) is 4.17. The van der Waals surface area contributed by atoms with Crippen LogP contribution in [-0.2, 0) is 14.3 Å². The first kappa shape index (κ1) is 21.6. The molecule has 0 bridgehead atoms. The molecular weight excluding hydrogens is 388 g/mol. The average Bonchev–Trinajstić information content (AvgIpc) is 2.65. The highest BCUT2D eigenvalue weighted by atomic mass is 35.5. The van der Waals surface area contributed by atoms with Gasteiger partial charge in [-0.1, -0.05) is 30.9 Å². The van der Waals surface area contributed by atoms with Crippen molar-refractivity contribution >= 4 is 41.3 Å². The normalized spacial score (nSPS) is 14.4. The van der Waals surface area contributed by atoms with Crippen molar-refractivity contribution in [3.8, 4) is 0 Å². The number of hydrogen-bond acceptors (Lipinski definition) is 5. The molecule has 0 saturated heterocycles. The van der Waals surface area contributed by atoms with Crippen molar-refractivity contribution in [2.75, 3.05) is 12.4 Å². The number of nitrogens with one attached hydrogen (secondary N) is 2. The summed E-state index contributed by atoms with van der Waals surface area (Å²) in [6, 6.07) is 7.08. The molecule has 0 aromatic heterocycles. The van der Waals surface area contributed by atoms with E-state index in [2.05, 4.69) is 10.6 Å². The molecule has 0 unspecified atom stereocenters. The zero-order valence-corrected chi connectivity index (χ0v) is 16.7. The van der Waals surface area contributed by atoms with E-state index in [9.17, 15) is 14.4 Å². The van der Waals surface area contributed by atoms with E-state index in [0.717, 1.165) is 36.3 Å². The predicted octanol–water partition coefficient (Wildman–Crippen LogP) is 3.91. The first-order chi connectivity index (χ1) is 13.0. The van der Waals surface area contributed by atoms with Gasteiger partial charge in [-0.15, -0.1) is 11.8 Å². The van der Waals surface area contributed by atoms with E-state index in [4.69, 9.17) is 16.3 Å². The molecule has 3 amide bonds. The van der Waals surface area contributed by atoms with Crippen LogP contribution in [0.2, 0.25) is 5.02 Å². The van der Waals surface area contributed by atoms with Crippen LogP contribution in [0.15, 0.2) is 29.2 Å². The Kier molecular flexibility index (Phi) is 9.48. The van der Waals surface area contributed by atoms with Crippen LogP contribution in [0, 0.1) is 0 Å². The second-order valence-electron chi connectivity index (χ2n) is 6.42. The molecule has 0 atom stereocenters. The number of imide groups is 1. The summed E-state index contributed by atoms with van der Waals surface area (Å²) in [7, 11) is 0. The quantitative estimate of drug-likeness (QED) is 0.384. The van der Waals surface area contributed by atoms with Crippen molar-refractivity contribution in [1.82, 2.24) is 10.6 Å². The van der Waals surface area contributed by atoms with Gasteiger partial charge in [0.05, 0.1) is 0 Å². The number of carbonyl (C=O) groups is 3. The maximum absolute atomic E-state index is 11.7. The third-order valence-corrected chi connectivity index (χ3v) is 5.52. The van der Waals surface area contributed by atoms with Gasteiger partial charge in [0.2, 0.25) is 0 Å². The molecule has 27 heavy (non-hydrogen) atoms. The van der Waals surface area contributed by atoms with Crippen LogP contribution < -0.4 is 10.6 Å². The van der Waals surface area contributed by atoms with E-state index < -0.39 is 24.5 Å². The van der Waals surface area contributed by atoms with E-state index in [1.807, 2.05) is 24.3 Å². The van der Waals surface area contributed by atoms with Crippen LogP contribution in [0.25, 0.3) is 0 Å². The lowest BCUT2D eigenvalue weighted by Gasteiger charge is -2.22. The molecule has 6 nitrogen and oxygen atoms in total. The van der Waals surface area contributed by atoms with Crippen LogP contribution in [0.4, 0.5) is 4.79 Å². The standard InChI is InChI=1S/C19H25ClN2O4S/c20-14-8-10-16(11-9-14)27-12-4-7-18(24)26-13-17(23)22-19(25)21-15-5-2-1-3-6-15/h8-11,15H,1-7,12-13H2,(H2,21,22,23,25). The fourth-order valence-corrected chi connectivity index (χ4v) is 3.77. The van der Waals surface area contributed by atoms with Gasteiger partial charge in [0.15, 0.2) is 6.61 Å². The van der Waals surface area contributed by atoms with Crippen molar-refractivity contribution in [2.24, 2.45) is 0 Å². The second kappa shape index (κ2) is 11.9. The Morgan fingerprint density at radius 3 is 2.52 bits per heavy atom. The van der Waals surface area contributed by atoms with E-state index in [1.54, 1.807) is 11.8 Å². The van der Waals surface area contributed by atoms with E-state index in [0.29, 0.717) is 11.4 Å². The summed E-state index contributed by atoms with van der Waals surface area (Å²) in [6.07, 6.45) is 6.10. The molecule has 1 aromatic rings. The zero-order valence-electron chi connectivity index (χ0n) is 15.2. The number of urea groups is 1. The molecule has 2 N–H and O–H groups in total. The highest BCUT2D eigenvalue weighted by Gasteiger charge is 2.17. The Hall–Kier alpha value is -1.73. The minimum Gasteiger partial charge on any atom is -0.456 e. The van der Waals surface area contributed by atoms with Gasteiger partial charge in [0, 0.05) is 22.4 Å². The van der Waals surface area contributed by atoms with Crippen LogP contribution in [0.5, 0.6) is 0 Å². The number of benzene rings is 1. The molecule has 0 aliphatic heterocycles. The van der Waals surface area contributed by atoms with Gasteiger partial charge in [0.1, 0.15) is 0 Å². The zero-order chi connectivity index (χ0) is 19.5. The molecule has 0 heterocycles. The number of carbonyl (C=O) groups excluding carboxylic acids is 3. The number of ether oxygens (including phenoxy) is 1. The Bertz CT molecular complexity index is 633. The van der Waals surface area contributed by atoms with Crippen molar-refractivity contribution in [3.05, 3.63) is 29.3 Å². The number of thioether (sulfide) groups is 1. The summed E-state index contributed by atoms with van der Waals surface area (Å²) in [5, 5.41) is 5.66. The summed E-state index contributed by atoms with van der Waals surface area (Å²) >= 11 is 7.45. The number of hydrogen-bond donors (Lipinski definition) is 2. The molecule has 2 rings (SSSR count). The fraction of sp³-hybridized carbons (Fsp3) is 0.526. The van der Waals surface area contributed by atoms with Gasteiger partial charge >= 0.3 is 12.0 Å². The smallest absolute Gasteiger partial charge is 0.321 e. The van der Waals surface area contributed by atoms with Crippen molar-refractivity contribution in [2.45, 2.75) is 55.9 Å². The van der Waals surface area contributed by atoms with Gasteiger partial charge in [-0.3, -0.25) is 14.9 Å². The third kappa shape index (κ3) is 9.15. The molecule has 8 heteroatoms. The summed E-state index contributed by atoms with van der Waals surface area (Å²) in [5.74, 6) is -0.311. The lowest BCUT2D eigenvalue weighted by Crippen LogP contribution is -2.46. The molecular formula is C19H25ClN2O4S. The molecule has 1 fully saturated rings. The van der Waals surface area contributed by atoms with Gasteiger partial charge in [-0.2, -0.15) is 0 Å². The monoisotopic (exact) mass is 412 g/mol. The second-order valence-corrected chi connectivity index (χ2v) is 8.03. The maximum Gasteiger partial charge on any atom is 0.321 e. The molecule has 1 aromatic carbocycles. The molecule has 0 spiro atoms. The Morgan fingerprint density at radius 2 is 1.81 bits per heavy atom. The van der Waals surface area contributed by atoms with Crippen LogP contribution in [0.1, 0.15) is 44.9 Å². The molecule has 0 radical (unpaired) electrons. The number of amides is 3. The molecule has 1 aliphatic carbocycles. The first-order valence-electron chi connectivity index (χ1n) is 9.17. The topological polar surface area (TPSA) is 84.5 Å². The molecule has 1 aliphatic rings. The summed E-state index contributed by atoms with van der Waals surface area (Å²) in [5.41, 5.74) is 0. The van der Waals surface area contributed by atoms with Gasteiger partial charge in [0.25, 0.3) is 5.91 Å². The molecule has 1 saturated carbocycles. The maximum atomic E-state index is 11.7. The summed E-state index contributed by atoms with van der Waals surface area (Å²) in [6.45, 7) is -0.443.